The Morgan fingerprint density at radius 3 is 1.05 bits per heavy atom. The van der Waals surface area contributed by atoms with E-state index in [9.17, 15) is 20.1 Å². The maximum atomic E-state index is 11.0. The normalized spacial score (nSPS) is 11.6. The second-order valence-corrected chi connectivity index (χ2v) is 18.6. The highest BCUT2D eigenvalue weighted by atomic mass is 16.3. The zero-order valence-electron chi connectivity index (χ0n) is 42.2. The molecule has 0 bridgehead atoms. The fraction of sp³-hybridized carbons (Fsp3) is 0.190. The first-order valence-electron chi connectivity index (χ1n) is 25.6. The monoisotopic (exact) mass is 981 g/mol. The summed E-state index contributed by atoms with van der Waals surface area (Å²) in [5, 5.41) is 38.5. The molecule has 0 atom stereocenters. The molecule has 374 valence electrons. The molecule has 3 aromatic heterocycles. The van der Waals surface area contributed by atoms with Crippen LogP contribution in [-0.4, -0.2) is 47.7 Å². The van der Waals surface area contributed by atoms with E-state index >= 15 is 0 Å². The van der Waals surface area contributed by atoms with Gasteiger partial charge in [0.2, 0.25) is 0 Å². The number of rotatable bonds is 14. The van der Waals surface area contributed by atoms with Crippen molar-refractivity contribution in [1.82, 2.24) is 13.7 Å². The highest BCUT2D eigenvalue weighted by molar-refractivity contribution is 6.12. The predicted molar refractivity (Wildman–Crippen MR) is 310 cm³/mol. The standard InChI is InChI=1S/C40H38N4O2.C17H17NO2.C6H8N2/c1-3-5-19-43-35-17-11-7-13-29(35)31-23-39(45)27(21-37(31)43)25-41-33-15-9-10-16-34(33)42-26-28-22-38-32(24-40(28)46)30-14-8-12-18-36(30)44(38)20-6-4-2;1-2-3-8-18-15-7-5-4-6-13(15)14-10-17(20)12(11-19)9-16(14)18;7-5-3-1-2-4-6(5)8/h7-18,21-26,45-46H,3-6,19-20H2,1-2H3;4-7,9-11,20H,2-3,8H2,1H3;1-4H,7-8H2. The third-order valence-electron chi connectivity index (χ3n) is 13.7. The van der Waals surface area contributed by atoms with Gasteiger partial charge in [0.25, 0.3) is 0 Å². The number of nitrogens with zero attached hydrogens (tertiary/aromatic N) is 5. The number of hydrogen-bond donors (Lipinski definition) is 5. The van der Waals surface area contributed by atoms with Crippen LogP contribution in [0.3, 0.4) is 0 Å². The van der Waals surface area contributed by atoms with Crippen LogP contribution in [0.2, 0.25) is 0 Å². The Kier molecular flexibility index (Phi) is 15.4. The lowest BCUT2D eigenvalue weighted by molar-refractivity contribution is 0.112. The molecule has 0 saturated heterocycles. The lowest BCUT2D eigenvalue weighted by atomic mass is 10.1. The summed E-state index contributed by atoms with van der Waals surface area (Å²) in [5.41, 5.74) is 21.7. The van der Waals surface area contributed by atoms with Crippen LogP contribution < -0.4 is 11.5 Å². The van der Waals surface area contributed by atoms with Crippen molar-refractivity contribution < 1.29 is 20.1 Å². The van der Waals surface area contributed by atoms with Crippen molar-refractivity contribution in [3.63, 3.8) is 0 Å². The van der Waals surface area contributed by atoms with Crippen LogP contribution >= 0.6 is 0 Å². The number of aromatic hydroxyl groups is 3. The second kappa shape index (κ2) is 22.7. The molecule has 74 heavy (non-hydrogen) atoms. The van der Waals surface area contributed by atoms with Gasteiger partial charge in [-0.1, -0.05) is 119 Å². The topological polar surface area (TPSA) is 169 Å². The average molecular weight is 982 g/mol. The van der Waals surface area contributed by atoms with Gasteiger partial charge in [0.15, 0.2) is 6.29 Å². The van der Waals surface area contributed by atoms with E-state index in [0.717, 1.165) is 113 Å². The van der Waals surface area contributed by atoms with E-state index in [2.05, 4.69) is 83.0 Å². The molecule has 0 aliphatic rings. The van der Waals surface area contributed by atoms with E-state index in [1.165, 1.54) is 11.0 Å². The highest BCUT2D eigenvalue weighted by Crippen LogP contribution is 2.37. The molecule has 0 amide bonds. The molecule has 11 nitrogen and oxygen atoms in total. The zero-order chi connectivity index (χ0) is 51.7. The molecule has 7 N–H and O–H groups in total. The Hall–Kier alpha value is -8.83. The largest absolute Gasteiger partial charge is 0.507 e. The van der Waals surface area contributed by atoms with Gasteiger partial charge in [0.1, 0.15) is 17.2 Å². The highest BCUT2D eigenvalue weighted by Gasteiger charge is 2.16. The molecule has 0 unspecified atom stereocenters. The third-order valence-corrected chi connectivity index (χ3v) is 13.7. The molecule has 3 heterocycles. The number of fused-ring (bicyclic) bond motifs is 9. The number of aldehydes is 1. The summed E-state index contributed by atoms with van der Waals surface area (Å²) in [7, 11) is 0. The van der Waals surface area contributed by atoms with E-state index in [1.54, 1.807) is 36.7 Å². The van der Waals surface area contributed by atoms with Gasteiger partial charge in [-0.3, -0.25) is 14.8 Å². The fourth-order valence-corrected chi connectivity index (χ4v) is 9.74. The molecule has 0 spiro atoms. The number of nitrogens with two attached hydrogens (primary N) is 2. The number of unbranched alkanes of at least 4 members (excludes halogenated alkanes) is 3. The lowest BCUT2D eigenvalue weighted by Crippen LogP contribution is -1.97. The number of para-hydroxylation sites is 7. The molecule has 0 aliphatic heterocycles. The molecule has 0 aliphatic carbocycles. The second-order valence-electron chi connectivity index (χ2n) is 18.6. The summed E-state index contributed by atoms with van der Waals surface area (Å²) in [6, 6.07) is 51.0. The van der Waals surface area contributed by atoms with Crippen LogP contribution in [0.25, 0.3) is 65.4 Å². The Balaban J connectivity index is 0.000000196. The Morgan fingerprint density at radius 2 is 0.716 bits per heavy atom. The minimum atomic E-state index is 0.0471. The summed E-state index contributed by atoms with van der Waals surface area (Å²) >= 11 is 0. The molecule has 0 saturated carbocycles. The summed E-state index contributed by atoms with van der Waals surface area (Å²) in [6.45, 7) is 9.31. The van der Waals surface area contributed by atoms with Crippen molar-refractivity contribution in [2.24, 2.45) is 9.98 Å². The Morgan fingerprint density at radius 1 is 0.405 bits per heavy atom. The first kappa shape index (κ1) is 50.1. The Labute approximate surface area is 431 Å². The summed E-state index contributed by atoms with van der Waals surface area (Å²) in [6.07, 6.45) is 10.7. The number of aryl methyl sites for hydroxylation is 3. The molecular weight excluding hydrogens is 919 g/mol. The minimum Gasteiger partial charge on any atom is -0.507 e. The number of carbonyl (C=O) groups is 1. The van der Waals surface area contributed by atoms with Gasteiger partial charge >= 0.3 is 0 Å². The number of phenols is 3. The van der Waals surface area contributed by atoms with Crippen molar-refractivity contribution in [2.45, 2.75) is 78.9 Å². The first-order valence-corrected chi connectivity index (χ1v) is 25.6. The molecule has 0 radical (unpaired) electrons. The molecule has 11 heteroatoms. The SMILES string of the molecule is CCCCn1c2ccccc2c2cc(O)c(C=Nc3ccccc3N=Cc3cc4c(cc3O)c3ccccc3n4CCCC)cc21.CCCCn1c2ccccc2c2cc(O)c(C=O)cc21.Nc1ccccc1N. The number of phenolic OH excluding ortho intramolecular Hbond substituents is 3. The van der Waals surface area contributed by atoms with E-state index in [0.29, 0.717) is 45.7 Å². The smallest absolute Gasteiger partial charge is 0.153 e. The number of carbonyl (C=O) groups excluding carboxylic acids is 1. The fourth-order valence-electron chi connectivity index (χ4n) is 9.74. The number of anilines is 2. The van der Waals surface area contributed by atoms with Crippen LogP contribution in [0.4, 0.5) is 22.7 Å². The maximum absolute atomic E-state index is 11.0. The quantitative estimate of drug-likeness (QED) is 0.0413. The third kappa shape index (κ3) is 10.3. The van der Waals surface area contributed by atoms with Gasteiger partial charge in [-0.25, -0.2) is 0 Å². The first-order chi connectivity index (χ1) is 36.1. The van der Waals surface area contributed by atoms with Gasteiger partial charge in [-0.15, -0.1) is 0 Å². The predicted octanol–water partition coefficient (Wildman–Crippen LogP) is 15.4. The number of nitrogen functional groups attached to an aromatic ring is 2. The average Bonchev–Trinajstić information content (AvgIpc) is 4.02. The lowest BCUT2D eigenvalue weighted by Gasteiger charge is -2.08. The number of aromatic nitrogens is 3. The van der Waals surface area contributed by atoms with Gasteiger partial charge in [0.05, 0.1) is 44.9 Å². The van der Waals surface area contributed by atoms with Gasteiger partial charge in [-0.2, -0.15) is 0 Å². The van der Waals surface area contributed by atoms with Crippen molar-refractivity contribution >= 4 is 107 Å². The summed E-state index contributed by atoms with van der Waals surface area (Å²) in [4.78, 5) is 20.6. The van der Waals surface area contributed by atoms with Crippen LogP contribution in [0.5, 0.6) is 17.2 Å². The van der Waals surface area contributed by atoms with Crippen LogP contribution in [0, 0.1) is 0 Å². The zero-order valence-corrected chi connectivity index (χ0v) is 42.2. The van der Waals surface area contributed by atoms with Gasteiger partial charge in [0, 0.05) is 92.1 Å². The maximum Gasteiger partial charge on any atom is 0.153 e. The van der Waals surface area contributed by atoms with Crippen molar-refractivity contribution in [2.75, 3.05) is 11.5 Å². The molecule has 11 rings (SSSR count). The van der Waals surface area contributed by atoms with Crippen LogP contribution in [-0.2, 0) is 19.6 Å². The van der Waals surface area contributed by atoms with Crippen LogP contribution in [0.15, 0.2) is 168 Å². The van der Waals surface area contributed by atoms with E-state index in [1.807, 2.05) is 84.9 Å². The number of benzene rings is 8. The summed E-state index contributed by atoms with van der Waals surface area (Å²) in [5.74, 6) is 0.422. The molecule has 11 aromatic rings. The van der Waals surface area contributed by atoms with E-state index in [-0.39, 0.29) is 17.2 Å². The van der Waals surface area contributed by atoms with Crippen molar-refractivity contribution in [3.05, 3.63) is 174 Å². The van der Waals surface area contributed by atoms with Crippen molar-refractivity contribution in [1.29, 1.82) is 0 Å². The summed E-state index contributed by atoms with van der Waals surface area (Å²) < 4.78 is 6.92. The number of aliphatic imine (C=N–C) groups is 2. The Bertz CT molecular complexity index is 3680. The molecule has 0 fully saturated rings. The molecular formula is C63H63N7O4. The van der Waals surface area contributed by atoms with E-state index < -0.39 is 0 Å². The van der Waals surface area contributed by atoms with Crippen LogP contribution in [0.1, 0.15) is 80.8 Å². The van der Waals surface area contributed by atoms with E-state index in [4.69, 9.17) is 21.5 Å². The molecule has 8 aromatic carbocycles. The minimum absolute atomic E-state index is 0.0471. The van der Waals surface area contributed by atoms with Crippen molar-refractivity contribution in [3.8, 4) is 17.2 Å². The number of hydrogen-bond acceptors (Lipinski definition) is 8. The van der Waals surface area contributed by atoms with Gasteiger partial charge < -0.3 is 40.5 Å². The van der Waals surface area contributed by atoms with Gasteiger partial charge in [-0.05, 0) is 98.1 Å².